The van der Waals surface area contributed by atoms with Crippen molar-refractivity contribution in [1.29, 1.82) is 0 Å². The first-order valence-corrected chi connectivity index (χ1v) is 3.96. The normalized spacial score (nSPS) is 8.57. The van der Waals surface area contributed by atoms with Crippen molar-refractivity contribution in [3.63, 3.8) is 0 Å². The van der Waals surface area contributed by atoms with Gasteiger partial charge in [-0.1, -0.05) is 13.8 Å². The summed E-state index contributed by atoms with van der Waals surface area (Å²) in [5, 5.41) is 0. The third-order valence-corrected chi connectivity index (χ3v) is 1.63. The fourth-order valence-electron chi connectivity index (χ4n) is 1.15. The Morgan fingerprint density at radius 3 is 2.36 bits per heavy atom. The molecule has 1 aromatic rings. The average Bonchev–Trinajstić information content (AvgIpc) is 2.36. The lowest BCUT2D eigenvalue weighted by molar-refractivity contribution is 0.627. The maximum absolute atomic E-state index is 5.44. The molecule has 1 aromatic heterocycles. The molecule has 0 fully saturated rings. The molecule has 1 heterocycles. The van der Waals surface area contributed by atoms with E-state index in [2.05, 4.69) is 23.4 Å². The van der Waals surface area contributed by atoms with Crippen LogP contribution in [0.5, 0.6) is 0 Å². The number of rotatable bonds is 3. The fraction of sp³-hybridized carbons (Fsp3) is 0.625. The Bertz CT molecular complexity index is 225. The zero-order valence-corrected chi connectivity index (χ0v) is 10.8. The first-order valence-electron chi connectivity index (χ1n) is 3.96. The lowest BCUT2D eigenvalue weighted by Gasteiger charge is -2.07. The Hall–Kier alpha value is 0.0400. The maximum Gasteiger partial charge on any atom is 0.111 e. The molecule has 0 spiro atoms. The summed E-state index contributed by atoms with van der Waals surface area (Å²) >= 11 is 0. The molecule has 0 aliphatic carbocycles. The molecule has 0 bridgehead atoms. The van der Waals surface area contributed by atoms with Crippen LogP contribution in [0, 0.1) is 0 Å². The zero-order chi connectivity index (χ0) is 8.27. The SMILES string of the molecule is CC(C)c1nccn1CCN.Cl.Cl.Cl. The molecule has 1 rings (SSSR count). The first-order chi connectivity index (χ1) is 5.25. The molecule has 0 saturated heterocycles. The third-order valence-electron chi connectivity index (χ3n) is 1.63. The molecular formula is C8H18Cl3N3. The summed E-state index contributed by atoms with van der Waals surface area (Å²) in [6, 6.07) is 0. The van der Waals surface area contributed by atoms with Crippen molar-refractivity contribution in [2.75, 3.05) is 6.54 Å². The van der Waals surface area contributed by atoms with Crippen LogP contribution >= 0.6 is 37.2 Å². The van der Waals surface area contributed by atoms with Gasteiger partial charge in [0.25, 0.3) is 0 Å². The van der Waals surface area contributed by atoms with Gasteiger partial charge in [-0.2, -0.15) is 0 Å². The van der Waals surface area contributed by atoms with E-state index in [1.54, 1.807) is 0 Å². The van der Waals surface area contributed by atoms with Gasteiger partial charge in [0.2, 0.25) is 0 Å². The molecular weight excluding hydrogens is 244 g/mol. The van der Waals surface area contributed by atoms with E-state index in [9.17, 15) is 0 Å². The Balaban J connectivity index is -0.000000403. The molecule has 0 aliphatic rings. The van der Waals surface area contributed by atoms with Crippen molar-refractivity contribution < 1.29 is 0 Å². The van der Waals surface area contributed by atoms with Gasteiger partial charge in [-0.3, -0.25) is 0 Å². The van der Waals surface area contributed by atoms with E-state index in [-0.39, 0.29) is 37.2 Å². The molecule has 0 radical (unpaired) electrons. The number of hydrogen-bond donors (Lipinski definition) is 1. The Kier molecular flexibility index (Phi) is 13.4. The summed E-state index contributed by atoms with van der Waals surface area (Å²) in [4.78, 5) is 4.24. The van der Waals surface area contributed by atoms with E-state index in [1.165, 1.54) is 0 Å². The molecule has 0 aliphatic heterocycles. The fourth-order valence-corrected chi connectivity index (χ4v) is 1.15. The molecule has 0 aromatic carbocycles. The molecule has 6 heteroatoms. The lowest BCUT2D eigenvalue weighted by atomic mass is 10.2. The van der Waals surface area contributed by atoms with Crippen LogP contribution in [0.3, 0.4) is 0 Å². The number of nitrogens with zero attached hydrogens (tertiary/aromatic N) is 2. The van der Waals surface area contributed by atoms with Crippen LogP contribution in [-0.4, -0.2) is 16.1 Å². The lowest BCUT2D eigenvalue weighted by Crippen LogP contribution is -2.12. The van der Waals surface area contributed by atoms with Gasteiger partial charge in [0, 0.05) is 31.4 Å². The van der Waals surface area contributed by atoms with Gasteiger partial charge in [0.05, 0.1) is 0 Å². The summed E-state index contributed by atoms with van der Waals surface area (Å²) in [6.07, 6.45) is 3.80. The molecule has 0 saturated carbocycles. The van der Waals surface area contributed by atoms with Crippen LogP contribution in [0.2, 0.25) is 0 Å². The number of imidazole rings is 1. The van der Waals surface area contributed by atoms with Gasteiger partial charge in [-0.05, 0) is 0 Å². The standard InChI is InChI=1S/C8H15N3.3ClH/c1-7(2)8-10-4-6-11(8)5-3-9;;;/h4,6-7H,3,5,9H2,1-2H3;3*1H. The number of halogens is 3. The second kappa shape index (κ2) is 9.59. The molecule has 14 heavy (non-hydrogen) atoms. The van der Waals surface area contributed by atoms with E-state index in [1.807, 2.05) is 12.4 Å². The van der Waals surface area contributed by atoms with E-state index < -0.39 is 0 Å². The topological polar surface area (TPSA) is 43.8 Å². The molecule has 0 amide bonds. The van der Waals surface area contributed by atoms with Crippen LogP contribution in [0.4, 0.5) is 0 Å². The van der Waals surface area contributed by atoms with Gasteiger partial charge >= 0.3 is 0 Å². The minimum Gasteiger partial charge on any atom is -0.333 e. The Morgan fingerprint density at radius 2 is 1.93 bits per heavy atom. The van der Waals surface area contributed by atoms with Crippen molar-refractivity contribution in [3.8, 4) is 0 Å². The van der Waals surface area contributed by atoms with Gasteiger partial charge in [-0.25, -0.2) is 4.98 Å². The van der Waals surface area contributed by atoms with Gasteiger partial charge in [0.1, 0.15) is 5.82 Å². The van der Waals surface area contributed by atoms with E-state index >= 15 is 0 Å². The minimum atomic E-state index is 0. The van der Waals surface area contributed by atoms with E-state index in [0.717, 1.165) is 12.4 Å². The predicted molar refractivity (Wildman–Crippen MR) is 67.1 cm³/mol. The largest absolute Gasteiger partial charge is 0.333 e. The van der Waals surface area contributed by atoms with Crippen molar-refractivity contribution in [2.45, 2.75) is 26.3 Å². The minimum absolute atomic E-state index is 0. The molecule has 86 valence electrons. The van der Waals surface area contributed by atoms with Crippen LogP contribution < -0.4 is 5.73 Å². The van der Waals surface area contributed by atoms with Crippen molar-refractivity contribution >= 4 is 37.2 Å². The van der Waals surface area contributed by atoms with Crippen molar-refractivity contribution in [1.82, 2.24) is 9.55 Å². The second-order valence-corrected chi connectivity index (χ2v) is 2.92. The van der Waals surface area contributed by atoms with Gasteiger partial charge in [-0.15, -0.1) is 37.2 Å². The second-order valence-electron chi connectivity index (χ2n) is 2.92. The maximum atomic E-state index is 5.44. The van der Waals surface area contributed by atoms with Crippen LogP contribution in [-0.2, 0) is 6.54 Å². The molecule has 2 N–H and O–H groups in total. The highest BCUT2D eigenvalue weighted by atomic mass is 35.5. The van der Waals surface area contributed by atoms with E-state index in [0.29, 0.717) is 12.5 Å². The molecule has 0 atom stereocenters. The number of hydrogen-bond acceptors (Lipinski definition) is 2. The summed E-state index contributed by atoms with van der Waals surface area (Å²) in [5.74, 6) is 1.60. The Labute approximate surface area is 104 Å². The highest BCUT2D eigenvalue weighted by Gasteiger charge is 2.04. The Morgan fingerprint density at radius 1 is 1.36 bits per heavy atom. The third kappa shape index (κ3) is 5.05. The quantitative estimate of drug-likeness (QED) is 0.908. The van der Waals surface area contributed by atoms with Gasteiger partial charge < -0.3 is 10.3 Å². The van der Waals surface area contributed by atoms with Crippen LogP contribution in [0.25, 0.3) is 0 Å². The van der Waals surface area contributed by atoms with Crippen LogP contribution in [0.1, 0.15) is 25.6 Å². The van der Waals surface area contributed by atoms with Crippen LogP contribution in [0.15, 0.2) is 12.4 Å². The zero-order valence-electron chi connectivity index (χ0n) is 8.34. The number of aromatic nitrogens is 2. The summed E-state index contributed by atoms with van der Waals surface area (Å²) < 4.78 is 2.10. The summed E-state index contributed by atoms with van der Waals surface area (Å²) in [7, 11) is 0. The molecule has 0 unspecified atom stereocenters. The highest BCUT2D eigenvalue weighted by molar-refractivity contribution is 5.86. The number of nitrogens with two attached hydrogens (primary N) is 1. The summed E-state index contributed by atoms with van der Waals surface area (Å²) in [6.45, 7) is 5.81. The van der Waals surface area contributed by atoms with Crippen molar-refractivity contribution in [3.05, 3.63) is 18.2 Å². The van der Waals surface area contributed by atoms with Gasteiger partial charge in [0.15, 0.2) is 0 Å². The van der Waals surface area contributed by atoms with E-state index in [4.69, 9.17) is 5.73 Å². The molecule has 3 nitrogen and oxygen atoms in total. The smallest absolute Gasteiger partial charge is 0.111 e. The highest BCUT2D eigenvalue weighted by Crippen LogP contribution is 2.10. The van der Waals surface area contributed by atoms with Crippen molar-refractivity contribution in [2.24, 2.45) is 5.73 Å². The average molecular weight is 263 g/mol. The monoisotopic (exact) mass is 261 g/mol. The first kappa shape index (κ1) is 19.6. The predicted octanol–water partition coefficient (Wildman–Crippen LogP) is 2.23. The summed E-state index contributed by atoms with van der Waals surface area (Å²) in [5.41, 5.74) is 5.44.